The van der Waals surface area contributed by atoms with Crippen LogP contribution < -0.4 is 0 Å². The highest BCUT2D eigenvalue weighted by Crippen LogP contribution is 2.54. The van der Waals surface area contributed by atoms with E-state index in [9.17, 15) is 0 Å². The molecule has 1 saturated heterocycles. The molecule has 1 aliphatic rings. The molecule has 1 fully saturated rings. The minimum Gasteiger partial charge on any atom is -0.334 e. The molecule has 1 aromatic rings. The van der Waals surface area contributed by atoms with Gasteiger partial charge in [-0.05, 0) is 12.6 Å². The second-order valence-corrected chi connectivity index (χ2v) is 6.77. The van der Waals surface area contributed by atoms with E-state index in [2.05, 4.69) is 49.8 Å². The molecule has 0 amide bonds. The minimum atomic E-state index is -0.395. The average Bonchev–Trinajstić information content (AvgIpc) is 2.62. The first-order valence-corrected chi connectivity index (χ1v) is 6.68. The molecular formula is C12H18NOP. The lowest BCUT2D eigenvalue weighted by Crippen LogP contribution is -2.12. The van der Waals surface area contributed by atoms with Gasteiger partial charge in [0.15, 0.2) is 0 Å². The van der Waals surface area contributed by atoms with Crippen molar-refractivity contribution in [2.45, 2.75) is 25.6 Å². The summed E-state index contributed by atoms with van der Waals surface area (Å²) >= 11 is 0. The standard InChI is InChI=1S/C12H18NOP/c1-10(2)15-13(3)9-12(14-15)11-7-5-4-6-8-11/h4-8,10,12H,9H2,1-3H3/t12-,15?/m0/s1. The van der Waals surface area contributed by atoms with Crippen molar-refractivity contribution in [1.29, 1.82) is 0 Å². The fourth-order valence-electron chi connectivity index (χ4n) is 1.91. The predicted octanol–water partition coefficient (Wildman–Crippen LogP) is 3.41. The number of rotatable bonds is 2. The zero-order valence-electron chi connectivity index (χ0n) is 9.55. The van der Waals surface area contributed by atoms with Crippen molar-refractivity contribution in [3.8, 4) is 0 Å². The molecule has 0 radical (unpaired) electrons. The van der Waals surface area contributed by atoms with E-state index in [0.717, 1.165) is 6.54 Å². The van der Waals surface area contributed by atoms with Gasteiger partial charge in [-0.2, -0.15) is 0 Å². The fourth-order valence-corrected chi connectivity index (χ4v) is 3.87. The van der Waals surface area contributed by atoms with Gasteiger partial charge >= 0.3 is 0 Å². The Morgan fingerprint density at radius 1 is 1.33 bits per heavy atom. The third-order valence-electron chi connectivity index (χ3n) is 2.61. The lowest BCUT2D eigenvalue weighted by atomic mass is 10.1. The van der Waals surface area contributed by atoms with Crippen LogP contribution >= 0.6 is 8.30 Å². The number of hydrogen-bond acceptors (Lipinski definition) is 2. The molecular weight excluding hydrogens is 205 g/mol. The van der Waals surface area contributed by atoms with E-state index in [-0.39, 0.29) is 6.10 Å². The smallest absolute Gasteiger partial charge is 0.107 e. The lowest BCUT2D eigenvalue weighted by Gasteiger charge is -2.20. The van der Waals surface area contributed by atoms with E-state index in [4.69, 9.17) is 4.52 Å². The molecule has 3 heteroatoms. The van der Waals surface area contributed by atoms with Crippen molar-refractivity contribution < 1.29 is 4.52 Å². The highest BCUT2D eigenvalue weighted by Gasteiger charge is 2.33. The molecule has 1 unspecified atom stereocenters. The summed E-state index contributed by atoms with van der Waals surface area (Å²) in [6.07, 6.45) is 0.268. The molecule has 1 heterocycles. The Hall–Kier alpha value is -0.430. The van der Waals surface area contributed by atoms with Crippen LogP contribution in [0.15, 0.2) is 30.3 Å². The van der Waals surface area contributed by atoms with Gasteiger partial charge < -0.3 is 4.52 Å². The largest absolute Gasteiger partial charge is 0.334 e. The summed E-state index contributed by atoms with van der Waals surface area (Å²) in [5.41, 5.74) is 1.91. The van der Waals surface area contributed by atoms with Gasteiger partial charge in [0.05, 0.1) is 0 Å². The summed E-state index contributed by atoms with van der Waals surface area (Å²) in [5, 5.41) is 0. The molecule has 2 atom stereocenters. The van der Waals surface area contributed by atoms with Crippen molar-refractivity contribution in [2.75, 3.05) is 13.6 Å². The summed E-state index contributed by atoms with van der Waals surface area (Å²) in [4.78, 5) is 0. The first-order chi connectivity index (χ1) is 7.18. The quantitative estimate of drug-likeness (QED) is 0.712. The Bertz CT molecular complexity index is 315. The normalized spacial score (nSPS) is 27.5. The number of nitrogens with zero attached hydrogens (tertiary/aromatic N) is 1. The predicted molar refractivity (Wildman–Crippen MR) is 65.0 cm³/mol. The van der Waals surface area contributed by atoms with Gasteiger partial charge in [-0.1, -0.05) is 44.2 Å². The van der Waals surface area contributed by atoms with Crippen molar-refractivity contribution in [3.05, 3.63) is 35.9 Å². The van der Waals surface area contributed by atoms with Crippen LogP contribution in [0.4, 0.5) is 0 Å². The molecule has 2 rings (SSSR count). The first kappa shape index (κ1) is 11.1. The summed E-state index contributed by atoms with van der Waals surface area (Å²) < 4.78 is 8.47. The van der Waals surface area contributed by atoms with Gasteiger partial charge in [-0.15, -0.1) is 0 Å². The van der Waals surface area contributed by atoms with Gasteiger partial charge in [0, 0.05) is 12.2 Å². The third-order valence-corrected chi connectivity index (χ3v) is 4.81. The lowest BCUT2D eigenvalue weighted by molar-refractivity contribution is 0.262. The average molecular weight is 223 g/mol. The summed E-state index contributed by atoms with van der Waals surface area (Å²) in [5.74, 6) is 0. The molecule has 0 N–H and O–H groups in total. The maximum absolute atomic E-state index is 6.11. The molecule has 15 heavy (non-hydrogen) atoms. The van der Waals surface area contributed by atoms with Gasteiger partial charge in [-0.3, -0.25) is 4.67 Å². The van der Waals surface area contributed by atoms with Crippen LogP contribution in [-0.4, -0.2) is 23.9 Å². The zero-order valence-corrected chi connectivity index (χ0v) is 10.4. The number of likely N-dealkylation sites (N-methyl/N-ethyl adjacent to an activating group) is 1. The zero-order chi connectivity index (χ0) is 10.8. The Kier molecular flexibility index (Phi) is 3.40. The van der Waals surface area contributed by atoms with Crippen LogP contribution in [0.5, 0.6) is 0 Å². The van der Waals surface area contributed by atoms with E-state index >= 15 is 0 Å². The van der Waals surface area contributed by atoms with Crippen LogP contribution in [-0.2, 0) is 4.52 Å². The molecule has 0 aromatic heterocycles. The molecule has 1 aromatic carbocycles. The van der Waals surface area contributed by atoms with Gasteiger partial charge in [0.2, 0.25) is 0 Å². The molecule has 0 saturated carbocycles. The highest BCUT2D eigenvalue weighted by molar-refractivity contribution is 7.50. The number of hydrogen-bond donors (Lipinski definition) is 0. The van der Waals surface area contributed by atoms with Gasteiger partial charge in [-0.25, -0.2) is 0 Å². The molecule has 0 aliphatic carbocycles. The molecule has 2 nitrogen and oxygen atoms in total. The maximum Gasteiger partial charge on any atom is 0.107 e. The van der Waals surface area contributed by atoms with E-state index in [0.29, 0.717) is 5.66 Å². The topological polar surface area (TPSA) is 12.5 Å². The fraction of sp³-hybridized carbons (Fsp3) is 0.500. The summed E-state index contributed by atoms with van der Waals surface area (Å²) in [6, 6.07) is 10.5. The number of benzene rings is 1. The van der Waals surface area contributed by atoms with E-state index in [1.54, 1.807) is 0 Å². The summed E-state index contributed by atoms with van der Waals surface area (Å²) in [6.45, 7) is 5.49. The van der Waals surface area contributed by atoms with Crippen molar-refractivity contribution in [1.82, 2.24) is 4.67 Å². The first-order valence-electron chi connectivity index (χ1n) is 5.40. The van der Waals surface area contributed by atoms with Crippen molar-refractivity contribution in [3.63, 3.8) is 0 Å². The van der Waals surface area contributed by atoms with Gasteiger partial charge in [0.25, 0.3) is 0 Å². The monoisotopic (exact) mass is 223 g/mol. The molecule has 1 aliphatic heterocycles. The highest BCUT2D eigenvalue weighted by atomic mass is 31.2. The SMILES string of the molecule is CC(C)P1O[C@H](c2ccccc2)CN1C. The van der Waals surface area contributed by atoms with Gasteiger partial charge in [0.1, 0.15) is 14.4 Å². The molecule has 0 bridgehead atoms. The maximum atomic E-state index is 6.11. The van der Waals surface area contributed by atoms with Crippen LogP contribution in [0, 0.1) is 0 Å². The third kappa shape index (κ3) is 2.39. The molecule has 82 valence electrons. The Morgan fingerprint density at radius 3 is 2.53 bits per heavy atom. The van der Waals surface area contributed by atoms with Crippen LogP contribution in [0.1, 0.15) is 25.5 Å². The molecule has 0 spiro atoms. The summed E-state index contributed by atoms with van der Waals surface area (Å²) in [7, 11) is 1.77. The minimum absolute atomic E-state index is 0.268. The van der Waals surface area contributed by atoms with Crippen LogP contribution in [0.3, 0.4) is 0 Å². The van der Waals surface area contributed by atoms with E-state index in [1.165, 1.54) is 5.56 Å². The Labute approximate surface area is 93.1 Å². The van der Waals surface area contributed by atoms with Crippen molar-refractivity contribution >= 4 is 8.30 Å². The van der Waals surface area contributed by atoms with E-state index < -0.39 is 8.30 Å². The van der Waals surface area contributed by atoms with Crippen LogP contribution in [0.2, 0.25) is 0 Å². The Balaban J connectivity index is 2.09. The second kappa shape index (κ2) is 4.61. The van der Waals surface area contributed by atoms with E-state index in [1.807, 2.05) is 6.07 Å². The second-order valence-electron chi connectivity index (χ2n) is 4.24. The Morgan fingerprint density at radius 2 is 2.00 bits per heavy atom. The van der Waals surface area contributed by atoms with Crippen LogP contribution in [0.25, 0.3) is 0 Å². The van der Waals surface area contributed by atoms with Crippen molar-refractivity contribution in [2.24, 2.45) is 0 Å².